The second kappa shape index (κ2) is 7.13. The summed E-state index contributed by atoms with van der Waals surface area (Å²) in [4.78, 5) is 8.64. The number of fused-ring (bicyclic) bond motifs is 1. The molecule has 2 heterocycles. The van der Waals surface area contributed by atoms with Crippen LogP contribution in [0.25, 0.3) is 22.4 Å². The molecule has 136 valence electrons. The molecule has 27 heavy (non-hydrogen) atoms. The standard InChI is InChI=1S/C19H13Cl2FN4O/c1-27-12-7-5-11(6-8-12)10-26-19-18(23-9-15(21)24-19)17(25-26)13-3-2-4-14(20)16(13)22/h2-9H,10H2,1H3. The Kier molecular flexibility index (Phi) is 4.68. The fourth-order valence-electron chi connectivity index (χ4n) is 2.80. The third kappa shape index (κ3) is 3.34. The second-order valence-corrected chi connectivity index (χ2v) is 6.62. The Morgan fingerprint density at radius 3 is 2.63 bits per heavy atom. The summed E-state index contributed by atoms with van der Waals surface area (Å²) in [6.07, 6.45) is 1.41. The van der Waals surface area contributed by atoms with Crippen molar-refractivity contribution in [3.63, 3.8) is 0 Å². The van der Waals surface area contributed by atoms with Crippen LogP contribution in [0, 0.1) is 5.82 Å². The number of benzene rings is 2. The molecule has 0 fully saturated rings. The highest BCUT2D eigenvalue weighted by molar-refractivity contribution is 6.31. The van der Waals surface area contributed by atoms with E-state index in [-0.39, 0.29) is 15.7 Å². The van der Waals surface area contributed by atoms with Crippen molar-refractivity contribution in [3.05, 3.63) is 70.2 Å². The summed E-state index contributed by atoms with van der Waals surface area (Å²) in [5.41, 5.74) is 2.52. The van der Waals surface area contributed by atoms with Gasteiger partial charge < -0.3 is 4.74 Å². The number of methoxy groups -OCH3 is 1. The van der Waals surface area contributed by atoms with Crippen molar-refractivity contribution in [1.82, 2.24) is 19.7 Å². The first-order valence-electron chi connectivity index (χ1n) is 8.03. The fourth-order valence-corrected chi connectivity index (χ4v) is 3.11. The van der Waals surface area contributed by atoms with Gasteiger partial charge in [-0.2, -0.15) is 5.10 Å². The van der Waals surface area contributed by atoms with E-state index in [0.717, 1.165) is 11.3 Å². The van der Waals surface area contributed by atoms with Crippen LogP contribution in [0.1, 0.15) is 5.56 Å². The van der Waals surface area contributed by atoms with E-state index < -0.39 is 5.82 Å². The minimum atomic E-state index is -0.549. The molecular weight excluding hydrogens is 390 g/mol. The van der Waals surface area contributed by atoms with Crippen molar-refractivity contribution in [2.75, 3.05) is 7.11 Å². The summed E-state index contributed by atoms with van der Waals surface area (Å²) in [5.74, 6) is 0.209. The molecule has 0 aliphatic heterocycles. The monoisotopic (exact) mass is 402 g/mol. The Morgan fingerprint density at radius 1 is 1.11 bits per heavy atom. The van der Waals surface area contributed by atoms with E-state index in [1.165, 1.54) is 12.3 Å². The summed E-state index contributed by atoms with van der Waals surface area (Å²) in [6, 6.07) is 12.3. The van der Waals surface area contributed by atoms with Gasteiger partial charge in [-0.3, -0.25) is 0 Å². The highest BCUT2D eigenvalue weighted by Crippen LogP contribution is 2.31. The maximum Gasteiger partial charge on any atom is 0.179 e. The van der Waals surface area contributed by atoms with E-state index in [9.17, 15) is 4.39 Å². The van der Waals surface area contributed by atoms with Crippen LogP contribution in [0.4, 0.5) is 4.39 Å². The van der Waals surface area contributed by atoms with Crippen molar-refractivity contribution >= 4 is 34.4 Å². The largest absolute Gasteiger partial charge is 0.497 e. The van der Waals surface area contributed by atoms with Gasteiger partial charge in [-0.25, -0.2) is 19.0 Å². The van der Waals surface area contributed by atoms with E-state index >= 15 is 0 Å². The van der Waals surface area contributed by atoms with Crippen LogP contribution in [0.2, 0.25) is 10.2 Å². The Morgan fingerprint density at radius 2 is 1.89 bits per heavy atom. The lowest BCUT2D eigenvalue weighted by molar-refractivity contribution is 0.414. The van der Waals surface area contributed by atoms with Gasteiger partial charge in [0.2, 0.25) is 0 Å². The molecule has 5 nitrogen and oxygen atoms in total. The molecule has 2 aromatic carbocycles. The number of nitrogens with zero attached hydrogens (tertiary/aromatic N) is 4. The Balaban J connectivity index is 1.85. The van der Waals surface area contributed by atoms with Gasteiger partial charge in [0, 0.05) is 5.56 Å². The van der Waals surface area contributed by atoms with E-state index in [0.29, 0.717) is 23.4 Å². The van der Waals surface area contributed by atoms with Gasteiger partial charge in [0.25, 0.3) is 0 Å². The third-order valence-electron chi connectivity index (χ3n) is 4.11. The number of hydrogen-bond donors (Lipinski definition) is 0. The summed E-state index contributed by atoms with van der Waals surface area (Å²) >= 11 is 11.9. The number of aromatic nitrogens is 4. The third-order valence-corrected chi connectivity index (χ3v) is 4.59. The van der Waals surface area contributed by atoms with Crippen molar-refractivity contribution in [2.45, 2.75) is 6.54 Å². The van der Waals surface area contributed by atoms with Crippen LogP contribution in [0.3, 0.4) is 0 Å². The number of ether oxygens (including phenoxy) is 1. The Labute approximate surface area is 164 Å². The zero-order chi connectivity index (χ0) is 19.0. The van der Waals surface area contributed by atoms with E-state index in [1.807, 2.05) is 24.3 Å². The van der Waals surface area contributed by atoms with Crippen LogP contribution in [-0.2, 0) is 6.54 Å². The molecule has 0 amide bonds. The topological polar surface area (TPSA) is 52.8 Å². The lowest BCUT2D eigenvalue weighted by Gasteiger charge is -2.05. The van der Waals surface area contributed by atoms with Crippen molar-refractivity contribution < 1.29 is 9.13 Å². The van der Waals surface area contributed by atoms with Crippen LogP contribution >= 0.6 is 23.2 Å². The first-order valence-corrected chi connectivity index (χ1v) is 8.79. The number of hydrogen-bond acceptors (Lipinski definition) is 4. The van der Waals surface area contributed by atoms with Gasteiger partial charge >= 0.3 is 0 Å². The molecule has 0 bridgehead atoms. The van der Waals surface area contributed by atoms with Crippen LogP contribution < -0.4 is 4.74 Å². The molecule has 0 atom stereocenters. The minimum Gasteiger partial charge on any atom is -0.497 e. The van der Waals surface area contributed by atoms with Crippen LogP contribution in [-0.4, -0.2) is 26.9 Å². The first kappa shape index (κ1) is 17.7. The summed E-state index contributed by atoms with van der Waals surface area (Å²) in [7, 11) is 1.61. The molecule has 0 N–H and O–H groups in total. The summed E-state index contributed by atoms with van der Waals surface area (Å²) in [5, 5.41) is 4.80. The normalized spacial score (nSPS) is 11.1. The van der Waals surface area contributed by atoms with Crippen molar-refractivity contribution in [3.8, 4) is 17.0 Å². The van der Waals surface area contributed by atoms with E-state index in [1.54, 1.807) is 23.9 Å². The fraction of sp³-hybridized carbons (Fsp3) is 0.105. The first-order chi connectivity index (χ1) is 13.1. The minimum absolute atomic E-state index is 0.0206. The lowest BCUT2D eigenvalue weighted by atomic mass is 10.1. The molecule has 0 aliphatic rings. The maximum atomic E-state index is 14.5. The molecule has 0 spiro atoms. The molecule has 0 radical (unpaired) electrons. The van der Waals surface area contributed by atoms with Gasteiger partial charge in [0.1, 0.15) is 22.1 Å². The van der Waals surface area contributed by atoms with E-state index in [4.69, 9.17) is 27.9 Å². The Bertz CT molecular complexity index is 1130. The molecule has 2 aromatic heterocycles. The van der Waals surface area contributed by atoms with Crippen molar-refractivity contribution in [1.29, 1.82) is 0 Å². The molecule has 4 rings (SSSR count). The molecule has 0 saturated heterocycles. The molecule has 0 saturated carbocycles. The molecule has 4 aromatic rings. The maximum absolute atomic E-state index is 14.5. The van der Waals surface area contributed by atoms with Crippen molar-refractivity contribution in [2.24, 2.45) is 0 Å². The van der Waals surface area contributed by atoms with Crippen LogP contribution in [0.5, 0.6) is 5.75 Å². The van der Waals surface area contributed by atoms with Gasteiger partial charge in [-0.1, -0.05) is 41.4 Å². The van der Waals surface area contributed by atoms with Crippen LogP contribution in [0.15, 0.2) is 48.7 Å². The second-order valence-electron chi connectivity index (χ2n) is 5.82. The lowest BCUT2D eigenvalue weighted by Crippen LogP contribution is -2.03. The quantitative estimate of drug-likeness (QED) is 0.482. The summed E-state index contributed by atoms with van der Waals surface area (Å²) in [6.45, 7) is 0.414. The number of halogens is 3. The van der Waals surface area contributed by atoms with Gasteiger partial charge in [0.05, 0.1) is 24.9 Å². The molecule has 8 heteroatoms. The average Bonchev–Trinajstić information content (AvgIpc) is 3.02. The van der Waals surface area contributed by atoms with Gasteiger partial charge in [-0.05, 0) is 29.8 Å². The summed E-state index contributed by atoms with van der Waals surface area (Å²) < 4.78 is 21.4. The van der Waals surface area contributed by atoms with Gasteiger partial charge in [-0.15, -0.1) is 0 Å². The SMILES string of the molecule is COc1ccc(Cn2nc(-c3cccc(Cl)c3F)c3ncc(Cl)nc32)cc1. The number of rotatable bonds is 4. The molecule has 0 aliphatic carbocycles. The predicted octanol–water partition coefficient (Wildman–Crippen LogP) is 5.00. The zero-order valence-corrected chi connectivity index (χ0v) is 15.7. The molecule has 0 unspecified atom stereocenters. The smallest absolute Gasteiger partial charge is 0.179 e. The van der Waals surface area contributed by atoms with Gasteiger partial charge in [0.15, 0.2) is 11.5 Å². The van der Waals surface area contributed by atoms with E-state index in [2.05, 4.69) is 15.1 Å². The molecular formula is C19H13Cl2FN4O. The average molecular weight is 403 g/mol. The highest BCUT2D eigenvalue weighted by atomic mass is 35.5. The zero-order valence-electron chi connectivity index (χ0n) is 14.2. The predicted molar refractivity (Wildman–Crippen MR) is 103 cm³/mol. The Hall–Kier alpha value is -2.70. The highest BCUT2D eigenvalue weighted by Gasteiger charge is 2.19.